The predicted octanol–water partition coefficient (Wildman–Crippen LogP) is 1.26. The molecule has 0 atom stereocenters. The van der Waals surface area contributed by atoms with Crippen molar-refractivity contribution in [1.29, 1.82) is 0 Å². The molecule has 0 aliphatic rings. The van der Waals surface area contributed by atoms with Gasteiger partial charge in [-0.05, 0) is 23.3 Å². The zero-order valence-corrected chi connectivity index (χ0v) is 9.98. The molecule has 1 N–H and O–H groups in total. The van der Waals surface area contributed by atoms with Crippen LogP contribution in [0.5, 0.6) is 0 Å². The molecule has 92 valence electrons. The van der Waals surface area contributed by atoms with Crippen LogP contribution in [0.25, 0.3) is 6.08 Å². The van der Waals surface area contributed by atoms with Gasteiger partial charge in [-0.2, -0.15) is 8.42 Å². The van der Waals surface area contributed by atoms with E-state index in [4.69, 9.17) is 5.11 Å². The largest absolute Gasteiger partial charge is 0.478 e. The predicted molar refractivity (Wildman–Crippen MR) is 62.7 cm³/mol. The molecule has 0 aromatic heterocycles. The number of benzene rings is 1. The minimum absolute atomic E-state index is 0.0619. The third kappa shape index (κ3) is 5.84. The van der Waals surface area contributed by atoms with Crippen LogP contribution < -0.4 is 0 Å². The summed E-state index contributed by atoms with van der Waals surface area (Å²) < 4.78 is 26.2. The Morgan fingerprint density at radius 3 is 2.76 bits per heavy atom. The Balaban J connectivity index is 2.76. The summed E-state index contributed by atoms with van der Waals surface area (Å²) in [4.78, 5) is 10.3. The van der Waals surface area contributed by atoms with Gasteiger partial charge >= 0.3 is 5.97 Å². The number of carbonyl (C=O) groups is 1. The zero-order chi connectivity index (χ0) is 12.9. The smallest absolute Gasteiger partial charge is 0.328 e. The van der Waals surface area contributed by atoms with E-state index >= 15 is 0 Å². The average Bonchev–Trinajstić information content (AvgIpc) is 2.23. The maximum Gasteiger partial charge on any atom is 0.328 e. The molecule has 0 aliphatic carbocycles. The van der Waals surface area contributed by atoms with Gasteiger partial charge in [0.25, 0.3) is 10.1 Å². The summed E-state index contributed by atoms with van der Waals surface area (Å²) in [6.45, 7) is -0.0619. The second kappa shape index (κ2) is 5.60. The summed E-state index contributed by atoms with van der Waals surface area (Å²) in [5, 5.41) is 8.46. The molecule has 0 radical (unpaired) electrons. The molecule has 6 heteroatoms. The van der Waals surface area contributed by atoms with Gasteiger partial charge in [-0.25, -0.2) is 4.79 Å². The van der Waals surface area contributed by atoms with Crippen LogP contribution >= 0.6 is 0 Å². The fourth-order valence-corrected chi connectivity index (χ4v) is 1.48. The molecule has 0 spiro atoms. The van der Waals surface area contributed by atoms with E-state index in [1.54, 1.807) is 24.3 Å². The van der Waals surface area contributed by atoms with Gasteiger partial charge in [0, 0.05) is 6.08 Å². The minimum atomic E-state index is -3.47. The third-order valence-electron chi connectivity index (χ3n) is 1.81. The van der Waals surface area contributed by atoms with Crippen LogP contribution in [0.2, 0.25) is 0 Å². The molecule has 0 amide bonds. The Hall–Kier alpha value is -1.66. The lowest BCUT2D eigenvalue weighted by atomic mass is 10.1. The van der Waals surface area contributed by atoms with Crippen molar-refractivity contribution in [1.82, 2.24) is 0 Å². The van der Waals surface area contributed by atoms with E-state index < -0.39 is 16.1 Å². The highest BCUT2D eigenvalue weighted by Gasteiger charge is 2.02. The molecule has 0 bridgehead atoms. The van der Waals surface area contributed by atoms with E-state index in [2.05, 4.69) is 4.18 Å². The molecule has 5 nitrogen and oxygen atoms in total. The van der Waals surface area contributed by atoms with Gasteiger partial charge in [0.1, 0.15) is 0 Å². The maximum absolute atomic E-state index is 10.8. The summed E-state index contributed by atoms with van der Waals surface area (Å²) in [5.41, 5.74) is 1.32. The molecule has 0 fully saturated rings. The van der Waals surface area contributed by atoms with Crippen LogP contribution in [0.4, 0.5) is 0 Å². The lowest BCUT2D eigenvalue weighted by Gasteiger charge is -2.02. The molecule has 1 aromatic carbocycles. The Kier molecular flexibility index (Phi) is 4.42. The molecule has 1 aromatic rings. The SMILES string of the molecule is CS(=O)(=O)OCc1cccc(/C=C/C(=O)O)c1. The molecule has 0 saturated carbocycles. The van der Waals surface area contributed by atoms with Gasteiger partial charge in [0.2, 0.25) is 0 Å². The quantitative estimate of drug-likeness (QED) is 0.633. The maximum atomic E-state index is 10.8. The Morgan fingerprint density at radius 1 is 1.47 bits per heavy atom. The van der Waals surface area contributed by atoms with Crippen molar-refractivity contribution in [3.8, 4) is 0 Å². The summed E-state index contributed by atoms with van der Waals surface area (Å²) in [6, 6.07) is 6.76. The lowest BCUT2D eigenvalue weighted by molar-refractivity contribution is -0.131. The molecule has 0 unspecified atom stereocenters. The Morgan fingerprint density at radius 2 is 2.18 bits per heavy atom. The highest BCUT2D eigenvalue weighted by molar-refractivity contribution is 7.85. The molecule has 0 aliphatic heterocycles. The van der Waals surface area contributed by atoms with Crippen molar-refractivity contribution in [3.05, 3.63) is 41.5 Å². The molecule has 17 heavy (non-hydrogen) atoms. The average molecular weight is 256 g/mol. The normalized spacial score (nSPS) is 11.8. The van der Waals surface area contributed by atoms with Crippen molar-refractivity contribution in [2.24, 2.45) is 0 Å². The first-order valence-electron chi connectivity index (χ1n) is 4.71. The lowest BCUT2D eigenvalue weighted by Crippen LogP contribution is -2.02. The van der Waals surface area contributed by atoms with E-state index in [1.807, 2.05) is 0 Å². The van der Waals surface area contributed by atoms with Gasteiger partial charge in [-0.1, -0.05) is 18.2 Å². The van der Waals surface area contributed by atoms with Gasteiger partial charge in [0.15, 0.2) is 0 Å². The van der Waals surface area contributed by atoms with E-state index in [9.17, 15) is 13.2 Å². The first kappa shape index (κ1) is 13.4. The van der Waals surface area contributed by atoms with Gasteiger partial charge in [0.05, 0.1) is 12.9 Å². The molecule has 0 heterocycles. The first-order chi connectivity index (χ1) is 7.87. The fraction of sp³-hybridized carbons (Fsp3) is 0.182. The van der Waals surface area contributed by atoms with Gasteiger partial charge in [-0.15, -0.1) is 0 Å². The first-order valence-corrected chi connectivity index (χ1v) is 6.53. The van der Waals surface area contributed by atoms with Gasteiger partial charge < -0.3 is 5.11 Å². The highest BCUT2D eigenvalue weighted by Crippen LogP contribution is 2.09. The topological polar surface area (TPSA) is 80.7 Å². The summed E-state index contributed by atoms with van der Waals surface area (Å²) in [5.74, 6) is -1.04. The number of hydrogen-bond donors (Lipinski definition) is 1. The van der Waals surface area contributed by atoms with Gasteiger partial charge in [-0.3, -0.25) is 4.18 Å². The van der Waals surface area contributed by atoms with Crippen LogP contribution in [-0.2, 0) is 25.7 Å². The van der Waals surface area contributed by atoms with Crippen LogP contribution in [0.15, 0.2) is 30.3 Å². The monoisotopic (exact) mass is 256 g/mol. The number of carboxylic acids is 1. The fourth-order valence-electron chi connectivity index (χ4n) is 1.13. The zero-order valence-electron chi connectivity index (χ0n) is 9.16. The standard InChI is InChI=1S/C11H12O5S/c1-17(14,15)16-8-10-4-2-3-9(7-10)5-6-11(12)13/h2-7H,8H2,1H3,(H,12,13)/b6-5+. The number of rotatable bonds is 5. The van der Waals surface area contributed by atoms with Crippen LogP contribution in [0.3, 0.4) is 0 Å². The highest BCUT2D eigenvalue weighted by atomic mass is 32.2. The van der Waals surface area contributed by atoms with E-state index in [-0.39, 0.29) is 6.61 Å². The second-order valence-electron chi connectivity index (χ2n) is 3.38. The number of hydrogen-bond acceptors (Lipinski definition) is 4. The van der Waals surface area contributed by atoms with E-state index in [0.29, 0.717) is 11.1 Å². The minimum Gasteiger partial charge on any atom is -0.478 e. The molecular formula is C11H12O5S. The van der Waals surface area contributed by atoms with Crippen molar-refractivity contribution < 1.29 is 22.5 Å². The number of aliphatic carboxylic acids is 1. The second-order valence-corrected chi connectivity index (χ2v) is 5.03. The van der Waals surface area contributed by atoms with Crippen LogP contribution in [0.1, 0.15) is 11.1 Å². The van der Waals surface area contributed by atoms with Crippen LogP contribution in [-0.4, -0.2) is 25.7 Å². The van der Waals surface area contributed by atoms with Crippen LogP contribution in [0, 0.1) is 0 Å². The molecule has 0 saturated heterocycles. The summed E-state index contributed by atoms with van der Waals surface area (Å²) in [7, 11) is -3.47. The van der Waals surface area contributed by atoms with Crippen molar-refractivity contribution in [2.45, 2.75) is 6.61 Å². The van der Waals surface area contributed by atoms with Crippen molar-refractivity contribution >= 4 is 22.2 Å². The molecule has 1 rings (SSSR count). The van der Waals surface area contributed by atoms with Crippen molar-refractivity contribution in [3.63, 3.8) is 0 Å². The third-order valence-corrected chi connectivity index (χ3v) is 2.36. The van der Waals surface area contributed by atoms with Crippen molar-refractivity contribution in [2.75, 3.05) is 6.26 Å². The Labute approximate surface area is 99.5 Å². The summed E-state index contributed by atoms with van der Waals surface area (Å²) >= 11 is 0. The summed E-state index contributed by atoms with van der Waals surface area (Å²) in [6.07, 6.45) is 3.41. The van der Waals surface area contributed by atoms with E-state index in [1.165, 1.54) is 6.08 Å². The molecular weight excluding hydrogens is 244 g/mol. The number of carboxylic acid groups (broad SMARTS) is 1. The Bertz CT molecular complexity index is 531. The van der Waals surface area contributed by atoms with E-state index in [0.717, 1.165) is 12.3 Å².